The van der Waals surface area contributed by atoms with Crippen molar-refractivity contribution in [2.24, 2.45) is 7.05 Å². The first-order valence-corrected chi connectivity index (χ1v) is 4.69. The molecule has 2 aromatic rings. The van der Waals surface area contributed by atoms with Gasteiger partial charge in [0.1, 0.15) is 12.3 Å². The van der Waals surface area contributed by atoms with E-state index in [2.05, 4.69) is 10.3 Å². The van der Waals surface area contributed by atoms with E-state index < -0.39 is 5.97 Å². The standard InChI is InChI=1S/C10H11N3O3/c1-13-8-4-6(14)2-3-7(8)12-10(13)11-5-9(15)16/h2-4,14H,5H2,1H3,(H,11,12)(H,15,16). The Balaban J connectivity index is 2.40. The molecule has 0 saturated heterocycles. The van der Waals surface area contributed by atoms with Gasteiger partial charge in [0.2, 0.25) is 5.95 Å². The van der Waals surface area contributed by atoms with Gasteiger partial charge < -0.3 is 20.1 Å². The molecule has 0 radical (unpaired) electrons. The summed E-state index contributed by atoms with van der Waals surface area (Å²) in [6.07, 6.45) is 0. The van der Waals surface area contributed by atoms with Gasteiger partial charge in [0.25, 0.3) is 0 Å². The van der Waals surface area contributed by atoms with E-state index in [0.717, 1.165) is 5.52 Å². The van der Waals surface area contributed by atoms with E-state index in [1.54, 1.807) is 23.7 Å². The van der Waals surface area contributed by atoms with Crippen LogP contribution in [0.2, 0.25) is 0 Å². The Labute approximate surface area is 91.1 Å². The summed E-state index contributed by atoms with van der Waals surface area (Å²) in [5, 5.41) is 20.6. The number of rotatable bonds is 3. The normalized spacial score (nSPS) is 10.6. The molecule has 1 heterocycles. The second kappa shape index (κ2) is 3.73. The third kappa shape index (κ3) is 1.77. The summed E-state index contributed by atoms with van der Waals surface area (Å²) < 4.78 is 1.69. The van der Waals surface area contributed by atoms with Crippen molar-refractivity contribution in [2.45, 2.75) is 0 Å². The van der Waals surface area contributed by atoms with Gasteiger partial charge in [0.15, 0.2) is 0 Å². The number of carboxylic acids is 1. The van der Waals surface area contributed by atoms with Gasteiger partial charge in [-0.3, -0.25) is 4.79 Å². The average molecular weight is 221 g/mol. The highest BCUT2D eigenvalue weighted by Gasteiger charge is 2.08. The number of benzene rings is 1. The molecule has 0 aliphatic rings. The van der Waals surface area contributed by atoms with Gasteiger partial charge >= 0.3 is 5.97 Å². The van der Waals surface area contributed by atoms with Crippen molar-refractivity contribution in [2.75, 3.05) is 11.9 Å². The van der Waals surface area contributed by atoms with Crippen LogP contribution in [-0.2, 0) is 11.8 Å². The van der Waals surface area contributed by atoms with Gasteiger partial charge in [-0.1, -0.05) is 0 Å². The number of nitrogens with zero attached hydrogens (tertiary/aromatic N) is 2. The third-order valence-electron chi connectivity index (χ3n) is 2.26. The number of aromatic nitrogens is 2. The van der Waals surface area contributed by atoms with Crippen LogP contribution in [-0.4, -0.2) is 32.3 Å². The molecule has 0 aliphatic heterocycles. The van der Waals surface area contributed by atoms with Crippen molar-refractivity contribution in [1.82, 2.24) is 9.55 Å². The average Bonchev–Trinajstić information content (AvgIpc) is 2.53. The number of carbonyl (C=O) groups is 1. The van der Waals surface area contributed by atoms with Crippen LogP contribution < -0.4 is 5.32 Å². The highest BCUT2D eigenvalue weighted by atomic mass is 16.4. The van der Waals surface area contributed by atoms with E-state index >= 15 is 0 Å². The maximum Gasteiger partial charge on any atom is 0.322 e. The van der Waals surface area contributed by atoms with Gasteiger partial charge in [-0.15, -0.1) is 0 Å². The molecule has 6 heteroatoms. The minimum absolute atomic E-state index is 0.153. The zero-order valence-corrected chi connectivity index (χ0v) is 8.64. The predicted octanol–water partition coefficient (Wildman–Crippen LogP) is 0.775. The van der Waals surface area contributed by atoms with Crippen molar-refractivity contribution < 1.29 is 15.0 Å². The number of nitrogens with one attached hydrogen (secondary N) is 1. The number of anilines is 1. The highest BCUT2D eigenvalue weighted by Crippen LogP contribution is 2.22. The van der Waals surface area contributed by atoms with E-state index in [0.29, 0.717) is 11.5 Å². The molecule has 1 aromatic heterocycles. The Bertz CT molecular complexity index is 547. The molecule has 0 saturated carbocycles. The number of hydrogen-bond donors (Lipinski definition) is 3. The molecule has 0 fully saturated rings. The molecule has 0 amide bonds. The number of fused-ring (bicyclic) bond motifs is 1. The number of imidazole rings is 1. The number of phenolic OH excluding ortho intramolecular Hbond substituents is 1. The fourth-order valence-corrected chi connectivity index (χ4v) is 1.49. The van der Waals surface area contributed by atoms with Crippen LogP contribution in [0.1, 0.15) is 0 Å². The van der Waals surface area contributed by atoms with E-state index in [1.165, 1.54) is 6.07 Å². The monoisotopic (exact) mass is 221 g/mol. The van der Waals surface area contributed by atoms with Crippen molar-refractivity contribution in [3.63, 3.8) is 0 Å². The number of phenols is 1. The van der Waals surface area contributed by atoms with Crippen LogP contribution in [0.25, 0.3) is 11.0 Å². The van der Waals surface area contributed by atoms with Crippen LogP contribution in [0.3, 0.4) is 0 Å². The zero-order valence-electron chi connectivity index (χ0n) is 8.64. The molecule has 1 aromatic carbocycles. The minimum atomic E-state index is -0.949. The lowest BCUT2D eigenvalue weighted by Crippen LogP contribution is -2.14. The molecular formula is C10H11N3O3. The lowest BCUT2D eigenvalue weighted by molar-refractivity contribution is -0.134. The number of carboxylic acid groups (broad SMARTS) is 1. The van der Waals surface area contributed by atoms with Gasteiger partial charge in [0, 0.05) is 13.1 Å². The lowest BCUT2D eigenvalue weighted by atomic mass is 10.3. The smallest absolute Gasteiger partial charge is 0.322 e. The van der Waals surface area contributed by atoms with Crippen LogP contribution in [0.5, 0.6) is 5.75 Å². The first-order valence-electron chi connectivity index (χ1n) is 4.69. The van der Waals surface area contributed by atoms with Crippen molar-refractivity contribution in [3.8, 4) is 5.75 Å². The molecular weight excluding hydrogens is 210 g/mol. The van der Waals surface area contributed by atoms with Crippen LogP contribution >= 0.6 is 0 Å². The molecule has 3 N–H and O–H groups in total. The fraction of sp³-hybridized carbons (Fsp3) is 0.200. The van der Waals surface area contributed by atoms with E-state index in [-0.39, 0.29) is 12.3 Å². The molecule has 0 aliphatic carbocycles. The lowest BCUT2D eigenvalue weighted by Gasteiger charge is -2.02. The number of aliphatic carboxylic acids is 1. The maximum atomic E-state index is 10.4. The first-order chi connectivity index (χ1) is 7.58. The van der Waals surface area contributed by atoms with E-state index in [1.807, 2.05) is 0 Å². The Morgan fingerprint density at radius 1 is 1.56 bits per heavy atom. The number of aromatic hydroxyl groups is 1. The summed E-state index contributed by atoms with van der Waals surface area (Å²) in [4.78, 5) is 14.6. The summed E-state index contributed by atoms with van der Waals surface area (Å²) in [5.74, 6) is -0.335. The van der Waals surface area contributed by atoms with Crippen molar-refractivity contribution in [3.05, 3.63) is 18.2 Å². The van der Waals surface area contributed by atoms with Gasteiger partial charge in [-0.05, 0) is 12.1 Å². The summed E-state index contributed by atoms with van der Waals surface area (Å²) in [6, 6.07) is 4.79. The Morgan fingerprint density at radius 3 is 3.00 bits per heavy atom. The first kappa shape index (κ1) is 10.3. The molecule has 0 spiro atoms. The van der Waals surface area contributed by atoms with Crippen LogP contribution in [0, 0.1) is 0 Å². The fourth-order valence-electron chi connectivity index (χ4n) is 1.49. The Morgan fingerprint density at radius 2 is 2.31 bits per heavy atom. The van der Waals surface area contributed by atoms with Crippen molar-refractivity contribution >= 4 is 23.0 Å². The van der Waals surface area contributed by atoms with Crippen LogP contribution in [0.15, 0.2) is 18.2 Å². The second-order valence-corrected chi connectivity index (χ2v) is 3.41. The quantitative estimate of drug-likeness (QED) is 0.712. The van der Waals surface area contributed by atoms with Gasteiger partial charge in [0.05, 0.1) is 11.0 Å². The largest absolute Gasteiger partial charge is 0.508 e. The molecule has 0 unspecified atom stereocenters. The third-order valence-corrected chi connectivity index (χ3v) is 2.26. The summed E-state index contributed by atoms with van der Waals surface area (Å²) in [7, 11) is 1.75. The maximum absolute atomic E-state index is 10.4. The molecule has 0 bridgehead atoms. The Hall–Kier alpha value is -2.24. The summed E-state index contributed by atoms with van der Waals surface area (Å²) >= 11 is 0. The summed E-state index contributed by atoms with van der Waals surface area (Å²) in [5.41, 5.74) is 1.45. The molecule has 16 heavy (non-hydrogen) atoms. The molecule has 84 valence electrons. The molecule has 2 rings (SSSR count). The van der Waals surface area contributed by atoms with Crippen molar-refractivity contribution in [1.29, 1.82) is 0 Å². The number of aryl methyl sites for hydroxylation is 1. The highest BCUT2D eigenvalue weighted by molar-refractivity contribution is 5.81. The van der Waals surface area contributed by atoms with Gasteiger partial charge in [-0.25, -0.2) is 4.98 Å². The van der Waals surface area contributed by atoms with E-state index in [4.69, 9.17) is 5.11 Å². The topological polar surface area (TPSA) is 87.4 Å². The molecule has 0 atom stereocenters. The van der Waals surface area contributed by atoms with Crippen LogP contribution in [0.4, 0.5) is 5.95 Å². The second-order valence-electron chi connectivity index (χ2n) is 3.41. The minimum Gasteiger partial charge on any atom is -0.508 e. The summed E-state index contributed by atoms with van der Waals surface area (Å²) in [6.45, 7) is -0.191. The SMILES string of the molecule is Cn1c(NCC(=O)O)nc2ccc(O)cc21. The van der Waals surface area contributed by atoms with E-state index in [9.17, 15) is 9.90 Å². The molecule has 6 nitrogen and oxygen atoms in total. The predicted molar refractivity (Wildman–Crippen MR) is 58.5 cm³/mol. The number of hydrogen-bond acceptors (Lipinski definition) is 4. The zero-order chi connectivity index (χ0) is 11.7. The Kier molecular flexibility index (Phi) is 2.40. The van der Waals surface area contributed by atoms with Gasteiger partial charge in [-0.2, -0.15) is 0 Å².